The number of methoxy groups -OCH3 is 2. The van der Waals surface area contributed by atoms with Crippen molar-refractivity contribution in [2.45, 2.75) is 18.6 Å². The molecule has 0 aliphatic carbocycles. The van der Waals surface area contributed by atoms with Crippen LogP contribution in [0.15, 0.2) is 54.6 Å². The minimum absolute atomic E-state index is 0.00383. The van der Waals surface area contributed by atoms with Gasteiger partial charge in [-0.2, -0.15) is 0 Å². The monoisotopic (exact) mass is 341 g/mol. The van der Waals surface area contributed by atoms with E-state index in [0.717, 1.165) is 17.7 Å². The van der Waals surface area contributed by atoms with Crippen molar-refractivity contribution in [2.75, 3.05) is 27.4 Å². The molecular weight excluding hydrogens is 318 g/mol. The number of para-hydroxylation sites is 2. The van der Waals surface area contributed by atoms with Gasteiger partial charge in [0, 0.05) is 25.8 Å². The molecule has 0 aromatic heterocycles. The molecule has 1 heterocycles. The lowest BCUT2D eigenvalue weighted by Crippen LogP contribution is -2.61. The van der Waals surface area contributed by atoms with Crippen LogP contribution in [0.25, 0.3) is 0 Å². The van der Waals surface area contributed by atoms with Gasteiger partial charge in [0.2, 0.25) is 6.10 Å². The van der Waals surface area contributed by atoms with E-state index < -0.39 is 6.10 Å². The van der Waals surface area contributed by atoms with E-state index in [-0.39, 0.29) is 11.9 Å². The number of rotatable bonds is 8. The highest BCUT2D eigenvalue weighted by Gasteiger charge is 2.50. The van der Waals surface area contributed by atoms with Crippen LogP contribution < -0.4 is 9.47 Å². The number of nitrogens with zero attached hydrogens (tertiary/aromatic N) is 1. The summed E-state index contributed by atoms with van der Waals surface area (Å²) in [6, 6.07) is 17.0. The van der Waals surface area contributed by atoms with Gasteiger partial charge in [0.1, 0.15) is 17.5 Å². The lowest BCUT2D eigenvalue weighted by molar-refractivity contribution is -0.164. The van der Waals surface area contributed by atoms with Crippen molar-refractivity contribution in [3.05, 3.63) is 60.2 Å². The van der Waals surface area contributed by atoms with Gasteiger partial charge in [-0.05, 0) is 24.6 Å². The zero-order chi connectivity index (χ0) is 17.6. The summed E-state index contributed by atoms with van der Waals surface area (Å²) in [5, 5.41) is 0. The van der Waals surface area contributed by atoms with Crippen LogP contribution in [0.4, 0.5) is 0 Å². The second-order valence-corrected chi connectivity index (χ2v) is 5.92. The lowest BCUT2D eigenvalue weighted by atomic mass is 9.89. The molecule has 5 nitrogen and oxygen atoms in total. The minimum atomic E-state index is -0.541. The Balaban J connectivity index is 1.84. The second-order valence-electron chi connectivity index (χ2n) is 5.92. The van der Waals surface area contributed by atoms with Crippen molar-refractivity contribution in [1.29, 1.82) is 0 Å². The first-order valence-corrected chi connectivity index (χ1v) is 8.40. The molecule has 2 aromatic carbocycles. The summed E-state index contributed by atoms with van der Waals surface area (Å²) in [6.07, 6.45) is 0.243. The molecule has 132 valence electrons. The van der Waals surface area contributed by atoms with Gasteiger partial charge in [0.25, 0.3) is 5.91 Å². The van der Waals surface area contributed by atoms with Crippen LogP contribution >= 0.6 is 0 Å². The van der Waals surface area contributed by atoms with Crippen molar-refractivity contribution in [2.24, 2.45) is 0 Å². The van der Waals surface area contributed by atoms with Crippen LogP contribution in [0.3, 0.4) is 0 Å². The molecule has 1 amide bonds. The highest BCUT2D eigenvalue weighted by atomic mass is 16.5. The molecule has 5 heteroatoms. The van der Waals surface area contributed by atoms with Gasteiger partial charge in [-0.25, -0.2) is 0 Å². The number of β-lactam (4-membered cyclic amide) rings is 1. The van der Waals surface area contributed by atoms with E-state index in [4.69, 9.17) is 14.2 Å². The number of carbonyl (C=O) groups excluding carboxylic acids is 1. The highest BCUT2D eigenvalue weighted by Crippen LogP contribution is 2.41. The van der Waals surface area contributed by atoms with Gasteiger partial charge in [-0.1, -0.05) is 36.4 Å². The van der Waals surface area contributed by atoms with Crippen molar-refractivity contribution >= 4 is 5.91 Å². The van der Waals surface area contributed by atoms with E-state index >= 15 is 0 Å². The normalized spacial score (nSPS) is 19.4. The lowest BCUT2D eigenvalue weighted by Gasteiger charge is -2.47. The molecule has 0 radical (unpaired) electrons. The molecule has 0 bridgehead atoms. The number of likely N-dealkylation sites (tertiary alicyclic amines) is 1. The molecule has 0 N–H and O–H groups in total. The molecule has 0 spiro atoms. The predicted molar refractivity (Wildman–Crippen MR) is 94.8 cm³/mol. The quantitative estimate of drug-likeness (QED) is 0.547. The smallest absolute Gasteiger partial charge is 0.266 e. The fourth-order valence-electron chi connectivity index (χ4n) is 3.15. The molecule has 2 unspecified atom stereocenters. The maximum absolute atomic E-state index is 12.7. The molecular formula is C20H23NO4. The van der Waals surface area contributed by atoms with Crippen molar-refractivity contribution < 1.29 is 19.0 Å². The number of hydrogen-bond donors (Lipinski definition) is 0. The van der Waals surface area contributed by atoms with Gasteiger partial charge in [0.05, 0.1) is 7.11 Å². The number of amides is 1. The first-order valence-electron chi connectivity index (χ1n) is 8.40. The summed E-state index contributed by atoms with van der Waals surface area (Å²) < 4.78 is 16.6. The average molecular weight is 341 g/mol. The summed E-state index contributed by atoms with van der Waals surface area (Å²) in [4.78, 5) is 14.5. The summed E-state index contributed by atoms with van der Waals surface area (Å²) >= 11 is 0. The molecule has 2 aromatic rings. The Kier molecular flexibility index (Phi) is 5.56. The van der Waals surface area contributed by atoms with Gasteiger partial charge in [0.15, 0.2) is 0 Å². The number of carbonyl (C=O) groups is 1. The van der Waals surface area contributed by atoms with Gasteiger partial charge < -0.3 is 19.1 Å². The molecule has 0 saturated carbocycles. The van der Waals surface area contributed by atoms with Gasteiger partial charge in [-0.15, -0.1) is 0 Å². The van der Waals surface area contributed by atoms with Crippen LogP contribution in [-0.4, -0.2) is 44.3 Å². The molecule has 1 fully saturated rings. The Hall–Kier alpha value is -2.53. The number of benzene rings is 2. The van der Waals surface area contributed by atoms with E-state index in [1.54, 1.807) is 14.2 Å². The van der Waals surface area contributed by atoms with Crippen LogP contribution in [-0.2, 0) is 9.53 Å². The third-order valence-corrected chi connectivity index (χ3v) is 4.36. The van der Waals surface area contributed by atoms with E-state index in [0.29, 0.717) is 18.9 Å². The maximum atomic E-state index is 12.7. The summed E-state index contributed by atoms with van der Waals surface area (Å²) in [5.74, 6) is 1.45. The Morgan fingerprint density at radius 2 is 1.72 bits per heavy atom. The number of ether oxygens (including phenoxy) is 3. The molecule has 2 atom stereocenters. The highest BCUT2D eigenvalue weighted by molar-refractivity contribution is 5.89. The summed E-state index contributed by atoms with van der Waals surface area (Å²) in [5.41, 5.74) is 0.961. The Bertz CT molecular complexity index is 704. The van der Waals surface area contributed by atoms with Crippen molar-refractivity contribution in [3.8, 4) is 11.5 Å². The van der Waals surface area contributed by atoms with Crippen LogP contribution in [0.2, 0.25) is 0 Å². The summed E-state index contributed by atoms with van der Waals surface area (Å²) in [6.45, 7) is 1.25. The first-order chi connectivity index (χ1) is 12.3. The molecule has 1 aliphatic heterocycles. The Morgan fingerprint density at radius 3 is 2.44 bits per heavy atom. The van der Waals surface area contributed by atoms with Crippen LogP contribution in [0.1, 0.15) is 18.0 Å². The fourth-order valence-corrected chi connectivity index (χ4v) is 3.15. The van der Waals surface area contributed by atoms with E-state index in [1.165, 1.54) is 0 Å². The minimum Gasteiger partial charge on any atom is -0.496 e. The van der Waals surface area contributed by atoms with Gasteiger partial charge >= 0.3 is 0 Å². The third-order valence-electron chi connectivity index (χ3n) is 4.36. The van der Waals surface area contributed by atoms with E-state index in [9.17, 15) is 4.79 Å². The standard InChI is InChI=1S/C20H23NO4/c1-23-14-8-13-21-18(16-11-6-7-12-17(16)24-2)19(20(21)22)25-15-9-4-3-5-10-15/h3-7,9-12,18-19H,8,13-14H2,1-2H3. The third kappa shape index (κ3) is 3.61. The zero-order valence-electron chi connectivity index (χ0n) is 14.6. The van der Waals surface area contributed by atoms with Crippen LogP contribution in [0.5, 0.6) is 11.5 Å². The largest absolute Gasteiger partial charge is 0.496 e. The van der Waals surface area contributed by atoms with E-state index in [1.807, 2.05) is 59.5 Å². The van der Waals surface area contributed by atoms with Gasteiger partial charge in [-0.3, -0.25) is 4.79 Å². The first kappa shape index (κ1) is 17.3. The maximum Gasteiger partial charge on any atom is 0.266 e. The predicted octanol–water partition coefficient (Wildman–Crippen LogP) is 3.06. The Labute approximate surface area is 148 Å². The Morgan fingerprint density at radius 1 is 1.00 bits per heavy atom. The molecule has 1 aliphatic rings. The van der Waals surface area contributed by atoms with Crippen LogP contribution in [0, 0.1) is 0 Å². The molecule has 25 heavy (non-hydrogen) atoms. The fraction of sp³-hybridized carbons (Fsp3) is 0.350. The second kappa shape index (κ2) is 8.03. The topological polar surface area (TPSA) is 48.0 Å². The van der Waals surface area contributed by atoms with Crippen molar-refractivity contribution in [1.82, 2.24) is 4.90 Å². The van der Waals surface area contributed by atoms with Crippen molar-refractivity contribution in [3.63, 3.8) is 0 Å². The summed E-state index contributed by atoms with van der Waals surface area (Å²) in [7, 11) is 3.30. The zero-order valence-corrected chi connectivity index (χ0v) is 14.6. The SMILES string of the molecule is COCCCN1C(=O)C(Oc2ccccc2)C1c1ccccc1OC. The molecule has 1 saturated heterocycles. The average Bonchev–Trinajstić information content (AvgIpc) is 2.67. The van der Waals surface area contributed by atoms with E-state index in [2.05, 4.69) is 0 Å². The molecule has 3 rings (SSSR count). The number of hydrogen-bond acceptors (Lipinski definition) is 4.